The molecule has 7 heteroatoms. The van der Waals surface area contributed by atoms with Gasteiger partial charge in [-0.05, 0) is 26.2 Å². The third kappa shape index (κ3) is 4.91. The van der Waals surface area contributed by atoms with E-state index in [1.807, 2.05) is 13.8 Å². The Hall–Kier alpha value is -2.05. The highest BCUT2D eigenvalue weighted by Gasteiger charge is 2.22. The minimum absolute atomic E-state index is 0.170. The summed E-state index contributed by atoms with van der Waals surface area (Å²) < 4.78 is 5.29. The average molecular weight is 283 g/mol. The van der Waals surface area contributed by atoms with Crippen LogP contribution >= 0.6 is 0 Å². The van der Waals surface area contributed by atoms with Gasteiger partial charge < -0.3 is 20.2 Å². The van der Waals surface area contributed by atoms with E-state index in [0.717, 1.165) is 0 Å². The minimum atomic E-state index is -1.05. The van der Waals surface area contributed by atoms with Gasteiger partial charge in [0.25, 0.3) is 0 Å². The van der Waals surface area contributed by atoms with Crippen molar-refractivity contribution < 1.29 is 19.1 Å². The number of nitrogens with one attached hydrogen (secondary N) is 2. The molecule has 2 unspecified atom stereocenters. The van der Waals surface area contributed by atoms with Gasteiger partial charge in [0.15, 0.2) is 0 Å². The molecule has 1 rings (SSSR count). The zero-order chi connectivity index (χ0) is 15.3. The number of rotatable bonds is 6. The van der Waals surface area contributed by atoms with E-state index in [9.17, 15) is 9.59 Å². The van der Waals surface area contributed by atoms with Crippen LogP contribution in [0, 0.1) is 12.8 Å². The second kappa shape index (κ2) is 6.93. The smallest absolute Gasteiger partial charge is 0.326 e. The van der Waals surface area contributed by atoms with E-state index in [4.69, 9.17) is 9.52 Å². The van der Waals surface area contributed by atoms with Gasteiger partial charge >= 0.3 is 12.0 Å². The molecule has 2 amide bonds. The first-order valence-electron chi connectivity index (χ1n) is 6.51. The lowest BCUT2D eigenvalue weighted by Gasteiger charge is -2.18. The quantitative estimate of drug-likeness (QED) is 0.739. The number of oxazole rings is 1. The van der Waals surface area contributed by atoms with E-state index < -0.39 is 24.1 Å². The van der Waals surface area contributed by atoms with Crippen LogP contribution in [0.5, 0.6) is 0 Å². The van der Waals surface area contributed by atoms with Crippen molar-refractivity contribution in [3.05, 3.63) is 17.8 Å². The highest BCUT2D eigenvalue weighted by atomic mass is 16.4. The molecule has 7 nitrogen and oxygen atoms in total. The lowest BCUT2D eigenvalue weighted by atomic mass is 10.0. The summed E-state index contributed by atoms with van der Waals surface area (Å²) in [5.41, 5.74) is 0. The highest BCUT2D eigenvalue weighted by Crippen LogP contribution is 2.12. The summed E-state index contributed by atoms with van der Waals surface area (Å²) in [6, 6.07) is -1.90. The molecule has 112 valence electrons. The summed E-state index contributed by atoms with van der Waals surface area (Å²) in [6.45, 7) is 7.26. The van der Waals surface area contributed by atoms with Gasteiger partial charge in [0.2, 0.25) is 5.89 Å². The molecule has 0 aliphatic rings. The zero-order valence-corrected chi connectivity index (χ0v) is 12.1. The number of carbonyl (C=O) groups excluding carboxylic acids is 1. The number of aromatic nitrogens is 1. The summed E-state index contributed by atoms with van der Waals surface area (Å²) in [4.78, 5) is 26.8. The normalized spacial score (nSPS) is 13.8. The summed E-state index contributed by atoms with van der Waals surface area (Å²) in [5.74, 6) is 0.155. The van der Waals surface area contributed by atoms with Crippen molar-refractivity contribution in [3.8, 4) is 0 Å². The van der Waals surface area contributed by atoms with Gasteiger partial charge in [-0.1, -0.05) is 13.8 Å². The van der Waals surface area contributed by atoms with Crippen molar-refractivity contribution in [1.82, 2.24) is 15.6 Å². The van der Waals surface area contributed by atoms with Crippen molar-refractivity contribution in [1.29, 1.82) is 0 Å². The van der Waals surface area contributed by atoms with Crippen LogP contribution in [0.4, 0.5) is 4.79 Å². The largest absolute Gasteiger partial charge is 0.480 e. The van der Waals surface area contributed by atoms with Gasteiger partial charge in [0.1, 0.15) is 17.8 Å². The number of carboxylic acids is 1. The lowest BCUT2D eigenvalue weighted by molar-refractivity contribution is -0.139. The molecule has 0 fully saturated rings. The van der Waals surface area contributed by atoms with E-state index in [1.54, 1.807) is 20.0 Å². The van der Waals surface area contributed by atoms with E-state index >= 15 is 0 Å². The molecular formula is C13H21N3O4. The average Bonchev–Trinajstić information content (AvgIpc) is 2.74. The van der Waals surface area contributed by atoms with Crippen LogP contribution in [-0.2, 0) is 4.79 Å². The predicted molar refractivity (Wildman–Crippen MR) is 72.2 cm³/mol. The van der Waals surface area contributed by atoms with Crippen molar-refractivity contribution in [2.24, 2.45) is 5.92 Å². The molecule has 0 aromatic carbocycles. The number of amides is 2. The number of hydrogen-bond acceptors (Lipinski definition) is 4. The van der Waals surface area contributed by atoms with Crippen LogP contribution in [-0.4, -0.2) is 28.1 Å². The molecule has 0 saturated heterocycles. The number of hydrogen-bond donors (Lipinski definition) is 3. The second-order valence-corrected chi connectivity index (χ2v) is 5.17. The lowest BCUT2D eigenvalue weighted by Crippen LogP contribution is -2.47. The van der Waals surface area contributed by atoms with Crippen LogP contribution in [0.2, 0.25) is 0 Å². The minimum Gasteiger partial charge on any atom is -0.480 e. The maximum absolute atomic E-state index is 11.8. The van der Waals surface area contributed by atoms with Crippen molar-refractivity contribution in [3.63, 3.8) is 0 Å². The van der Waals surface area contributed by atoms with Crippen LogP contribution in [0.3, 0.4) is 0 Å². The van der Waals surface area contributed by atoms with Crippen molar-refractivity contribution >= 4 is 12.0 Å². The maximum atomic E-state index is 11.8. The van der Waals surface area contributed by atoms with Gasteiger partial charge in [-0.2, -0.15) is 0 Å². The Morgan fingerprint density at radius 3 is 2.45 bits per heavy atom. The Bertz CT molecular complexity index is 470. The fourth-order valence-corrected chi connectivity index (χ4v) is 1.72. The topological polar surface area (TPSA) is 104 Å². The molecule has 0 radical (unpaired) electrons. The number of carbonyl (C=O) groups is 2. The van der Waals surface area contributed by atoms with E-state index in [-0.39, 0.29) is 5.92 Å². The molecule has 1 aromatic rings. The van der Waals surface area contributed by atoms with Gasteiger partial charge in [-0.25, -0.2) is 14.6 Å². The summed E-state index contributed by atoms with van der Waals surface area (Å²) >= 11 is 0. The molecule has 0 aliphatic carbocycles. The number of aliphatic carboxylic acids is 1. The second-order valence-electron chi connectivity index (χ2n) is 5.17. The van der Waals surface area contributed by atoms with E-state index in [1.165, 1.54) is 0 Å². The van der Waals surface area contributed by atoms with Crippen molar-refractivity contribution in [2.45, 2.75) is 46.2 Å². The Labute approximate surface area is 117 Å². The number of nitrogens with zero attached hydrogens (tertiary/aromatic N) is 1. The predicted octanol–water partition coefficient (Wildman–Crippen LogP) is 1.84. The first-order valence-corrected chi connectivity index (χ1v) is 6.51. The molecule has 0 bridgehead atoms. The highest BCUT2D eigenvalue weighted by molar-refractivity contribution is 5.82. The first-order chi connectivity index (χ1) is 9.29. The summed E-state index contributed by atoms with van der Waals surface area (Å²) in [7, 11) is 0. The third-order valence-corrected chi connectivity index (χ3v) is 2.67. The number of aryl methyl sites for hydroxylation is 1. The van der Waals surface area contributed by atoms with Crippen LogP contribution in [0.1, 0.15) is 44.9 Å². The fourth-order valence-electron chi connectivity index (χ4n) is 1.72. The van der Waals surface area contributed by atoms with E-state index in [2.05, 4.69) is 15.6 Å². The fraction of sp³-hybridized carbons (Fsp3) is 0.615. The zero-order valence-electron chi connectivity index (χ0n) is 12.1. The molecule has 1 heterocycles. The number of urea groups is 1. The molecule has 2 atom stereocenters. The Kier molecular flexibility index (Phi) is 5.54. The van der Waals surface area contributed by atoms with Crippen LogP contribution in [0.25, 0.3) is 0 Å². The monoisotopic (exact) mass is 283 g/mol. The maximum Gasteiger partial charge on any atom is 0.326 e. The summed E-state index contributed by atoms with van der Waals surface area (Å²) in [6.07, 6.45) is 1.93. The van der Waals surface area contributed by atoms with E-state index in [0.29, 0.717) is 18.1 Å². The standard InChI is InChI=1S/C13H21N3O4/c1-7(2)5-10(12(17)18)16-13(19)15-9(4)11-14-6-8(3)20-11/h6-7,9-10H,5H2,1-4H3,(H,17,18)(H2,15,16,19). The third-order valence-electron chi connectivity index (χ3n) is 2.67. The molecule has 3 N–H and O–H groups in total. The van der Waals surface area contributed by atoms with Crippen LogP contribution in [0.15, 0.2) is 10.6 Å². The Balaban J connectivity index is 2.55. The van der Waals surface area contributed by atoms with Crippen LogP contribution < -0.4 is 10.6 Å². The molecular weight excluding hydrogens is 262 g/mol. The summed E-state index contributed by atoms with van der Waals surface area (Å²) in [5, 5.41) is 14.1. The van der Waals surface area contributed by atoms with Gasteiger partial charge in [-0.3, -0.25) is 0 Å². The van der Waals surface area contributed by atoms with Gasteiger partial charge in [0, 0.05) is 0 Å². The SMILES string of the molecule is Cc1cnc(C(C)NC(=O)NC(CC(C)C)C(=O)O)o1. The molecule has 1 aromatic heterocycles. The van der Waals surface area contributed by atoms with Crippen molar-refractivity contribution in [2.75, 3.05) is 0 Å². The van der Waals surface area contributed by atoms with Gasteiger partial charge in [-0.15, -0.1) is 0 Å². The molecule has 0 spiro atoms. The molecule has 20 heavy (non-hydrogen) atoms. The molecule has 0 aliphatic heterocycles. The first kappa shape index (κ1) is 16.0. The molecule has 0 saturated carbocycles. The van der Waals surface area contributed by atoms with Gasteiger partial charge in [0.05, 0.1) is 6.20 Å². The Morgan fingerprint density at radius 2 is 2.00 bits per heavy atom. The number of carboxylic acid groups (broad SMARTS) is 1. The Morgan fingerprint density at radius 1 is 1.35 bits per heavy atom.